The molecule has 0 unspecified atom stereocenters. The zero-order valence-corrected chi connectivity index (χ0v) is 19.0. The Kier molecular flexibility index (Phi) is 7.44. The predicted molar refractivity (Wildman–Crippen MR) is 122 cm³/mol. The Labute approximate surface area is 184 Å². The third-order valence-corrected chi connectivity index (χ3v) is 5.58. The molecule has 8 heteroatoms. The summed E-state index contributed by atoms with van der Waals surface area (Å²) in [5.41, 5.74) is 3.75. The summed E-state index contributed by atoms with van der Waals surface area (Å²) >= 11 is 0. The zero-order valence-electron chi connectivity index (χ0n) is 19.0. The second kappa shape index (κ2) is 10.2. The number of aryl methyl sites for hydroxylation is 2. The molecule has 1 aromatic carbocycles. The monoisotopic (exact) mass is 428 g/mol. The lowest BCUT2D eigenvalue weighted by Gasteiger charge is -2.36. The van der Waals surface area contributed by atoms with E-state index in [1.54, 1.807) is 21.3 Å². The topological polar surface area (TPSA) is 76.2 Å². The highest BCUT2D eigenvalue weighted by Crippen LogP contribution is 2.30. The Hall–Kier alpha value is -3.16. The molecule has 1 aliphatic rings. The molecule has 8 nitrogen and oxygen atoms in total. The highest BCUT2D eigenvalue weighted by atomic mass is 16.5. The van der Waals surface area contributed by atoms with Crippen molar-refractivity contribution < 1.29 is 19.0 Å². The highest BCUT2D eigenvalue weighted by molar-refractivity contribution is 5.91. The van der Waals surface area contributed by atoms with Crippen molar-refractivity contribution in [1.82, 2.24) is 9.88 Å². The van der Waals surface area contributed by atoms with Gasteiger partial charge in [-0.05, 0) is 24.5 Å². The number of rotatable bonds is 7. The van der Waals surface area contributed by atoms with Gasteiger partial charge in [0.15, 0.2) is 0 Å². The summed E-state index contributed by atoms with van der Waals surface area (Å²) < 4.78 is 16.2. The number of carbonyl (C=O) groups is 1. The van der Waals surface area contributed by atoms with Crippen LogP contribution in [0.2, 0.25) is 0 Å². The molecule has 0 bridgehead atoms. The van der Waals surface area contributed by atoms with Crippen molar-refractivity contribution in [2.24, 2.45) is 0 Å². The van der Waals surface area contributed by atoms with Crippen molar-refractivity contribution in [2.75, 3.05) is 57.7 Å². The van der Waals surface area contributed by atoms with Crippen LogP contribution >= 0.6 is 0 Å². The van der Waals surface area contributed by atoms with Crippen LogP contribution in [-0.2, 0) is 12.8 Å². The van der Waals surface area contributed by atoms with Gasteiger partial charge < -0.3 is 29.3 Å². The van der Waals surface area contributed by atoms with E-state index in [1.165, 1.54) is 0 Å². The van der Waals surface area contributed by atoms with E-state index in [0.29, 0.717) is 37.7 Å². The fourth-order valence-corrected chi connectivity index (χ4v) is 3.77. The minimum Gasteiger partial charge on any atom is -0.497 e. The molecule has 168 valence electrons. The van der Waals surface area contributed by atoms with Crippen molar-refractivity contribution in [3.05, 3.63) is 35.5 Å². The number of pyridine rings is 1. The van der Waals surface area contributed by atoms with Gasteiger partial charge >= 0.3 is 6.03 Å². The number of hydrogen-bond donors (Lipinski definition) is 1. The molecule has 2 aromatic rings. The number of benzene rings is 1. The molecule has 1 N–H and O–H groups in total. The van der Waals surface area contributed by atoms with Crippen molar-refractivity contribution >= 4 is 17.4 Å². The van der Waals surface area contributed by atoms with Crippen LogP contribution in [0, 0.1) is 0 Å². The van der Waals surface area contributed by atoms with E-state index in [0.717, 1.165) is 41.3 Å². The van der Waals surface area contributed by atoms with E-state index < -0.39 is 0 Å². The molecule has 0 radical (unpaired) electrons. The molecule has 2 heterocycles. The fourth-order valence-electron chi connectivity index (χ4n) is 3.77. The summed E-state index contributed by atoms with van der Waals surface area (Å²) in [4.78, 5) is 21.5. The molecule has 0 atom stereocenters. The summed E-state index contributed by atoms with van der Waals surface area (Å²) in [6, 6.07) is 7.64. The average molecular weight is 429 g/mol. The molecule has 3 rings (SSSR count). The maximum Gasteiger partial charge on any atom is 0.322 e. The van der Waals surface area contributed by atoms with Gasteiger partial charge in [-0.1, -0.05) is 13.8 Å². The van der Waals surface area contributed by atoms with Crippen molar-refractivity contribution in [3.8, 4) is 17.4 Å². The van der Waals surface area contributed by atoms with E-state index in [-0.39, 0.29) is 6.03 Å². The highest BCUT2D eigenvalue weighted by Gasteiger charge is 2.23. The van der Waals surface area contributed by atoms with Crippen LogP contribution in [0.4, 0.5) is 16.2 Å². The number of ether oxygens (including phenoxy) is 3. The first-order valence-electron chi connectivity index (χ1n) is 10.6. The second-order valence-corrected chi connectivity index (χ2v) is 7.33. The van der Waals surface area contributed by atoms with E-state index in [9.17, 15) is 4.79 Å². The molecular weight excluding hydrogens is 396 g/mol. The smallest absolute Gasteiger partial charge is 0.322 e. The van der Waals surface area contributed by atoms with Gasteiger partial charge in [0.25, 0.3) is 0 Å². The minimum absolute atomic E-state index is 0.144. The van der Waals surface area contributed by atoms with E-state index in [1.807, 2.05) is 29.2 Å². The van der Waals surface area contributed by atoms with Crippen molar-refractivity contribution in [2.45, 2.75) is 26.7 Å². The molecule has 0 saturated carbocycles. The van der Waals surface area contributed by atoms with Crippen LogP contribution in [0.5, 0.6) is 17.4 Å². The van der Waals surface area contributed by atoms with Gasteiger partial charge in [0.2, 0.25) is 5.88 Å². The zero-order chi connectivity index (χ0) is 22.4. The first-order valence-corrected chi connectivity index (χ1v) is 10.6. The van der Waals surface area contributed by atoms with E-state index >= 15 is 0 Å². The number of methoxy groups -OCH3 is 3. The van der Waals surface area contributed by atoms with Crippen LogP contribution in [0.25, 0.3) is 0 Å². The van der Waals surface area contributed by atoms with Gasteiger partial charge in [0.1, 0.15) is 17.2 Å². The van der Waals surface area contributed by atoms with Gasteiger partial charge in [0.05, 0.1) is 21.3 Å². The van der Waals surface area contributed by atoms with Crippen LogP contribution < -0.4 is 24.4 Å². The number of nitrogens with one attached hydrogen (secondary N) is 1. The molecule has 1 aromatic heterocycles. The van der Waals surface area contributed by atoms with Gasteiger partial charge in [-0.25, -0.2) is 9.78 Å². The summed E-state index contributed by atoms with van der Waals surface area (Å²) in [5.74, 6) is 1.94. The van der Waals surface area contributed by atoms with Crippen LogP contribution in [0.1, 0.15) is 25.1 Å². The van der Waals surface area contributed by atoms with Gasteiger partial charge in [-0.3, -0.25) is 0 Å². The van der Waals surface area contributed by atoms with Gasteiger partial charge in [0, 0.05) is 55.8 Å². The lowest BCUT2D eigenvalue weighted by molar-refractivity contribution is 0.208. The third kappa shape index (κ3) is 5.13. The molecule has 1 saturated heterocycles. The van der Waals surface area contributed by atoms with Gasteiger partial charge in [-0.2, -0.15) is 0 Å². The minimum atomic E-state index is -0.144. The fraction of sp³-hybridized carbons (Fsp3) is 0.478. The number of nitrogens with zero attached hydrogens (tertiary/aromatic N) is 3. The van der Waals surface area contributed by atoms with Crippen LogP contribution in [0.15, 0.2) is 24.3 Å². The molecule has 0 aliphatic carbocycles. The molecule has 1 aliphatic heterocycles. The standard InChI is InChI=1S/C23H32N4O4/c1-6-16-12-21(22(31-5)24-20(16)7-2)25-23(28)27-10-8-26(9-11-27)17-13-18(29-3)15-19(14-17)30-4/h12-15H,6-11H2,1-5H3,(H,25,28). The number of carbonyl (C=O) groups excluding carboxylic acids is 1. The predicted octanol–water partition coefficient (Wildman–Crippen LogP) is 3.59. The van der Waals surface area contributed by atoms with Gasteiger partial charge in [-0.15, -0.1) is 0 Å². The third-order valence-electron chi connectivity index (χ3n) is 5.58. The molecule has 31 heavy (non-hydrogen) atoms. The Morgan fingerprint density at radius 1 is 0.935 bits per heavy atom. The summed E-state index contributed by atoms with van der Waals surface area (Å²) in [6.45, 7) is 6.80. The van der Waals surface area contributed by atoms with Crippen LogP contribution in [-0.4, -0.2) is 63.4 Å². The SMILES string of the molecule is CCc1cc(NC(=O)N2CCN(c3cc(OC)cc(OC)c3)CC2)c(OC)nc1CC. The number of urea groups is 1. The Balaban J connectivity index is 1.67. The largest absolute Gasteiger partial charge is 0.497 e. The Morgan fingerprint density at radius 3 is 2.10 bits per heavy atom. The lowest BCUT2D eigenvalue weighted by Crippen LogP contribution is -2.50. The maximum atomic E-state index is 12.9. The Morgan fingerprint density at radius 2 is 1.58 bits per heavy atom. The number of anilines is 2. The average Bonchev–Trinajstić information content (AvgIpc) is 2.83. The van der Waals surface area contributed by atoms with E-state index in [2.05, 4.69) is 29.0 Å². The lowest BCUT2D eigenvalue weighted by atomic mass is 10.1. The first-order chi connectivity index (χ1) is 15.0. The summed E-state index contributed by atoms with van der Waals surface area (Å²) in [7, 11) is 4.85. The number of hydrogen-bond acceptors (Lipinski definition) is 6. The first kappa shape index (κ1) is 22.5. The van der Waals surface area contributed by atoms with E-state index in [4.69, 9.17) is 14.2 Å². The molecular formula is C23H32N4O4. The summed E-state index contributed by atoms with van der Waals surface area (Å²) in [6.07, 6.45) is 1.68. The molecule has 2 amide bonds. The summed E-state index contributed by atoms with van der Waals surface area (Å²) in [5, 5.41) is 2.99. The number of aromatic nitrogens is 1. The number of piperazine rings is 1. The quantitative estimate of drug-likeness (QED) is 0.726. The van der Waals surface area contributed by atoms with Crippen LogP contribution in [0.3, 0.4) is 0 Å². The van der Waals surface area contributed by atoms with Crippen molar-refractivity contribution in [1.29, 1.82) is 0 Å². The van der Waals surface area contributed by atoms with Crippen molar-refractivity contribution in [3.63, 3.8) is 0 Å². The number of amides is 2. The molecule has 1 fully saturated rings. The molecule has 0 spiro atoms. The Bertz CT molecular complexity index is 888. The maximum absolute atomic E-state index is 12.9. The second-order valence-electron chi connectivity index (χ2n) is 7.33. The normalized spacial score (nSPS) is 13.7.